The molecule has 14 rings (SSSR count). The normalized spacial score (nSPS) is 11.8. The van der Waals surface area contributed by atoms with E-state index in [0.717, 1.165) is 73.1 Å². The first-order valence-electron chi connectivity index (χ1n) is 23.1. The summed E-state index contributed by atoms with van der Waals surface area (Å²) in [7, 11) is 0. The van der Waals surface area contributed by atoms with Crippen LogP contribution < -0.4 is 0 Å². The van der Waals surface area contributed by atoms with Gasteiger partial charge in [-0.05, 0) is 90.0 Å². The number of aromatic nitrogens is 6. The molecule has 0 radical (unpaired) electrons. The zero-order valence-corrected chi connectivity index (χ0v) is 36.8. The quantitative estimate of drug-likeness (QED) is 0.160. The van der Waals surface area contributed by atoms with E-state index in [4.69, 9.17) is 10.2 Å². The van der Waals surface area contributed by atoms with E-state index >= 15 is 0 Å². The molecule has 6 heteroatoms. The molecule has 0 N–H and O–H groups in total. The summed E-state index contributed by atoms with van der Waals surface area (Å²) in [6.07, 6.45) is 0. The first kappa shape index (κ1) is 38.1. The molecule has 0 saturated heterocycles. The Labute approximate surface area is 391 Å². The van der Waals surface area contributed by atoms with Crippen LogP contribution in [0.5, 0.6) is 0 Å². The topological polar surface area (TPSA) is 45.5 Å². The van der Waals surface area contributed by atoms with E-state index < -0.39 is 0 Å². The number of hydrogen-bond donors (Lipinski definition) is 0. The second-order valence-corrected chi connectivity index (χ2v) is 17.4. The van der Waals surface area contributed by atoms with Crippen molar-refractivity contribution >= 4 is 65.4 Å². The highest BCUT2D eigenvalue weighted by atomic mass is 15.3. The molecule has 4 aromatic heterocycles. The average Bonchev–Trinajstić information content (AvgIpc) is 4.18. The van der Waals surface area contributed by atoms with Crippen molar-refractivity contribution in [2.24, 2.45) is 0 Å². The van der Waals surface area contributed by atoms with Gasteiger partial charge in [0.25, 0.3) is 0 Å². The highest BCUT2D eigenvalue weighted by molar-refractivity contribution is 6.26. The first-order valence-corrected chi connectivity index (χ1v) is 23.1. The van der Waals surface area contributed by atoms with E-state index in [9.17, 15) is 0 Å². The maximum Gasteiger partial charge on any atom is 0.171 e. The summed E-state index contributed by atoms with van der Waals surface area (Å²) in [5.41, 5.74) is 15.5. The van der Waals surface area contributed by atoms with Crippen molar-refractivity contribution in [3.05, 3.63) is 243 Å². The van der Waals surface area contributed by atoms with Crippen LogP contribution in [0.2, 0.25) is 0 Å². The van der Waals surface area contributed by atoms with Gasteiger partial charge in [-0.25, -0.2) is 0 Å². The highest BCUT2D eigenvalue weighted by Gasteiger charge is 2.24. The Balaban J connectivity index is 0.959. The van der Waals surface area contributed by atoms with Gasteiger partial charge in [0, 0.05) is 66.2 Å². The summed E-state index contributed by atoms with van der Waals surface area (Å²) in [6, 6.07) is 86.9. The second-order valence-electron chi connectivity index (χ2n) is 17.4. The molecule has 0 fully saturated rings. The monoisotopic (exact) mass is 868 g/mol. The number of para-hydroxylation sites is 6. The van der Waals surface area contributed by atoms with Crippen molar-refractivity contribution in [3.8, 4) is 56.7 Å². The Morgan fingerprint density at radius 2 is 0.691 bits per heavy atom. The molecule has 6 nitrogen and oxygen atoms in total. The zero-order chi connectivity index (χ0) is 44.7. The number of fused-ring (bicyclic) bond motifs is 10. The summed E-state index contributed by atoms with van der Waals surface area (Å²) < 4.78 is 9.48. The van der Waals surface area contributed by atoms with Gasteiger partial charge in [-0.1, -0.05) is 164 Å². The van der Waals surface area contributed by atoms with Gasteiger partial charge in [-0.15, -0.1) is 10.2 Å². The molecule has 0 unspecified atom stereocenters. The third-order valence-electron chi connectivity index (χ3n) is 13.7. The van der Waals surface area contributed by atoms with Crippen LogP contribution in [-0.2, 0) is 0 Å². The van der Waals surface area contributed by atoms with E-state index in [-0.39, 0.29) is 0 Å². The van der Waals surface area contributed by atoms with Crippen LogP contribution in [0.4, 0.5) is 0 Å². The van der Waals surface area contributed by atoms with E-state index in [1.807, 2.05) is 24.3 Å². The predicted octanol–water partition coefficient (Wildman–Crippen LogP) is 15.6. The summed E-state index contributed by atoms with van der Waals surface area (Å²) in [4.78, 5) is 0. The lowest BCUT2D eigenvalue weighted by atomic mass is 10.0. The van der Waals surface area contributed by atoms with Crippen molar-refractivity contribution in [2.45, 2.75) is 0 Å². The van der Waals surface area contributed by atoms with Crippen LogP contribution in [0.25, 0.3) is 122 Å². The summed E-state index contributed by atoms with van der Waals surface area (Å²) in [6.45, 7) is 0. The van der Waals surface area contributed by atoms with Gasteiger partial charge in [0.05, 0.1) is 33.1 Å². The summed E-state index contributed by atoms with van der Waals surface area (Å²) in [5.74, 6) is 1.57. The van der Waals surface area contributed by atoms with Gasteiger partial charge in [0.1, 0.15) is 0 Å². The molecule has 4 heterocycles. The number of benzene rings is 10. The maximum atomic E-state index is 4.98. The third kappa shape index (κ3) is 5.71. The van der Waals surface area contributed by atoms with Gasteiger partial charge in [-0.2, -0.15) is 0 Å². The van der Waals surface area contributed by atoms with E-state index in [2.05, 4.69) is 237 Å². The first-order chi connectivity index (χ1) is 33.8. The van der Waals surface area contributed by atoms with E-state index in [0.29, 0.717) is 0 Å². The predicted molar refractivity (Wildman–Crippen MR) is 281 cm³/mol. The Bertz CT molecular complexity index is 4250. The molecule has 68 heavy (non-hydrogen) atoms. The molecule has 0 saturated carbocycles. The molecule has 0 aliphatic carbocycles. The fourth-order valence-corrected chi connectivity index (χ4v) is 10.8. The van der Waals surface area contributed by atoms with Crippen LogP contribution in [-0.4, -0.2) is 28.5 Å². The Hall–Kier alpha value is -9.26. The van der Waals surface area contributed by atoms with Crippen molar-refractivity contribution in [1.82, 2.24) is 28.5 Å². The van der Waals surface area contributed by atoms with Crippen LogP contribution >= 0.6 is 0 Å². The summed E-state index contributed by atoms with van der Waals surface area (Å²) in [5, 5.41) is 17.1. The van der Waals surface area contributed by atoms with Crippen molar-refractivity contribution in [1.29, 1.82) is 0 Å². The molecule has 14 aromatic rings. The standard InChI is InChI=1S/C62H40N6/c1-4-19-41(20-5-1)61-63-64-62(68(61)45-25-8-3-9-26-45)53-33-18-32-50-48-29-10-14-35-55(48)67(59(50)53)47-28-17-22-43(40-47)42-21-16-27-46(39-42)65-56-36-15-12-31-52(56)58-57(65)38-37-51-49-30-11-13-34-54(49)66(60(51)58)44-23-6-2-7-24-44/h1-40H. The Morgan fingerprint density at radius 1 is 0.250 bits per heavy atom. The van der Waals surface area contributed by atoms with Gasteiger partial charge in [-0.3, -0.25) is 4.57 Å². The Kier molecular flexibility index (Phi) is 8.48. The van der Waals surface area contributed by atoms with Crippen molar-refractivity contribution in [2.75, 3.05) is 0 Å². The van der Waals surface area contributed by atoms with Crippen LogP contribution in [0.3, 0.4) is 0 Å². The number of hydrogen-bond acceptors (Lipinski definition) is 2. The molecule has 10 aromatic carbocycles. The molecular formula is C62H40N6. The molecule has 0 aliphatic heterocycles. The van der Waals surface area contributed by atoms with Gasteiger partial charge in [0.15, 0.2) is 11.6 Å². The van der Waals surface area contributed by atoms with Crippen LogP contribution in [0, 0.1) is 0 Å². The Morgan fingerprint density at radius 3 is 1.34 bits per heavy atom. The molecular weight excluding hydrogens is 829 g/mol. The van der Waals surface area contributed by atoms with Crippen LogP contribution in [0.15, 0.2) is 243 Å². The lowest BCUT2D eigenvalue weighted by Crippen LogP contribution is -2.02. The minimum atomic E-state index is 0.779. The third-order valence-corrected chi connectivity index (χ3v) is 13.7. The lowest BCUT2D eigenvalue weighted by Gasteiger charge is -2.15. The largest absolute Gasteiger partial charge is 0.309 e. The van der Waals surface area contributed by atoms with Gasteiger partial charge in [0.2, 0.25) is 0 Å². The van der Waals surface area contributed by atoms with Crippen molar-refractivity contribution in [3.63, 3.8) is 0 Å². The molecule has 0 amide bonds. The second kappa shape index (κ2) is 15.2. The van der Waals surface area contributed by atoms with E-state index in [1.54, 1.807) is 0 Å². The molecule has 0 aliphatic rings. The molecule has 318 valence electrons. The molecule has 0 atom stereocenters. The minimum Gasteiger partial charge on any atom is -0.309 e. The lowest BCUT2D eigenvalue weighted by molar-refractivity contribution is 1.07. The van der Waals surface area contributed by atoms with Crippen molar-refractivity contribution < 1.29 is 0 Å². The van der Waals surface area contributed by atoms with Crippen LogP contribution in [0.1, 0.15) is 0 Å². The van der Waals surface area contributed by atoms with Gasteiger partial charge >= 0.3 is 0 Å². The fraction of sp³-hybridized carbons (Fsp3) is 0. The SMILES string of the molecule is c1ccc(-c2nnc(-c3cccc4c5ccccc5n(-c5cccc(-c6cccc(-n7c8ccccc8c8c7ccc7c9ccccc9n(-c9ccccc9)c78)c6)c5)c34)n2-c2ccccc2)cc1. The number of nitrogens with zero attached hydrogens (tertiary/aromatic N) is 6. The smallest absolute Gasteiger partial charge is 0.171 e. The fourth-order valence-electron chi connectivity index (χ4n) is 10.8. The van der Waals surface area contributed by atoms with E-state index in [1.165, 1.54) is 49.0 Å². The maximum absolute atomic E-state index is 4.98. The average molecular weight is 869 g/mol. The summed E-state index contributed by atoms with van der Waals surface area (Å²) >= 11 is 0. The molecule has 0 bridgehead atoms. The zero-order valence-electron chi connectivity index (χ0n) is 36.8. The highest BCUT2D eigenvalue weighted by Crippen LogP contribution is 2.43. The number of rotatable bonds is 7. The van der Waals surface area contributed by atoms with Gasteiger partial charge < -0.3 is 13.7 Å². The molecule has 0 spiro atoms. The minimum absolute atomic E-state index is 0.779.